The predicted octanol–water partition coefficient (Wildman–Crippen LogP) is 1.54. The minimum Gasteiger partial charge on any atom is -0.494 e. The van der Waals surface area contributed by atoms with Gasteiger partial charge in [-0.2, -0.15) is 0 Å². The molecule has 2 N–H and O–H groups in total. The third kappa shape index (κ3) is 2.13. The van der Waals surface area contributed by atoms with Gasteiger partial charge in [0, 0.05) is 31.9 Å². The Balaban J connectivity index is 2.35. The van der Waals surface area contributed by atoms with Crippen LogP contribution in [0.2, 0.25) is 0 Å². The molecule has 1 fully saturated rings. The van der Waals surface area contributed by atoms with E-state index in [0.717, 1.165) is 18.7 Å². The number of nitrogens with two attached hydrogens (primary N) is 1. The van der Waals surface area contributed by atoms with E-state index in [-0.39, 0.29) is 6.03 Å². The van der Waals surface area contributed by atoms with Crippen molar-refractivity contribution >= 4 is 17.4 Å². The van der Waals surface area contributed by atoms with Crippen molar-refractivity contribution in [2.24, 2.45) is 0 Å². The second-order valence-corrected chi connectivity index (χ2v) is 4.14. The number of carbonyl (C=O) groups is 1. The quantitative estimate of drug-likeness (QED) is 0.791. The van der Waals surface area contributed by atoms with Gasteiger partial charge in [-0.1, -0.05) is 0 Å². The van der Waals surface area contributed by atoms with Crippen LogP contribution in [0.1, 0.15) is 6.42 Å². The third-order valence-corrected chi connectivity index (χ3v) is 2.93. The third-order valence-electron chi connectivity index (χ3n) is 2.93. The van der Waals surface area contributed by atoms with Crippen molar-refractivity contribution in [1.82, 2.24) is 4.90 Å². The molecule has 0 saturated carbocycles. The van der Waals surface area contributed by atoms with Gasteiger partial charge < -0.3 is 15.4 Å². The zero-order valence-corrected chi connectivity index (χ0v) is 10.1. The summed E-state index contributed by atoms with van der Waals surface area (Å²) in [5.74, 6) is 0.633. The number of nitrogen functional groups attached to an aromatic ring is 1. The average Bonchev–Trinajstić information content (AvgIpc) is 2.33. The lowest BCUT2D eigenvalue weighted by molar-refractivity contribution is 0.207. The Bertz CT molecular complexity index is 434. The minimum absolute atomic E-state index is 0.000628. The fourth-order valence-corrected chi connectivity index (χ4v) is 2.00. The number of benzene rings is 1. The SMILES string of the molecule is COc1cc(N)ccc1N1CCCN(C)C1=O. The van der Waals surface area contributed by atoms with Gasteiger partial charge in [-0.05, 0) is 18.6 Å². The molecule has 92 valence electrons. The number of amides is 2. The summed E-state index contributed by atoms with van der Waals surface area (Å²) < 4.78 is 5.27. The molecule has 1 aromatic rings. The maximum Gasteiger partial charge on any atom is 0.324 e. The first-order valence-corrected chi connectivity index (χ1v) is 5.59. The largest absolute Gasteiger partial charge is 0.494 e. The van der Waals surface area contributed by atoms with Crippen LogP contribution in [0.3, 0.4) is 0 Å². The number of ether oxygens (including phenoxy) is 1. The molecule has 1 aromatic carbocycles. The van der Waals surface area contributed by atoms with Crippen molar-refractivity contribution in [3.8, 4) is 5.75 Å². The molecule has 0 spiro atoms. The monoisotopic (exact) mass is 235 g/mol. The molecule has 2 amide bonds. The van der Waals surface area contributed by atoms with Gasteiger partial charge in [0.2, 0.25) is 0 Å². The van der Waals surface area contributed by atoms with E-state index >= 15 is 0 Å². The Kier molecular flexibility index (Phi) is 3.08. The molecule has 0 bridgehead atoms. The van der Waals surface area contributed by atoms with Gasteiger partial charge in [-0.3, -0.25) is 4.90 Å². The van der Waals surface area contributed by atoms with E-state index < -0.39 is 0 Å². The molecule has 5 nitrogen and oxygen atoms in total. The second kappa shape index (κ2) is 4.53. The van der Waals surface area contributed by atoms with Crippen LogP contribution in [0.4, 0.5) is 16.2 Å². The van der Waals surface area contributed by atoms with Gasteiger partial charge >= 0.3 is 6.03 Å². The molecule has 17 heavy (non-hydrogen) atoms. The van der Waals surface area contributed by atoms with Crippen LogP contribution in [-0.2, 0) is 0 Å². The van der Waals surface area contributed by atoms with Crippen molar-refractivity contribution in [3.63, 3.8) is 0 Å². The highest BCUT2D eigenvalue weighted by Gasteiger charge is 2.26. The van der Waals surface area contributed by atoms with Crippen LogP contribution in [0.15, 0.2) is 18.2 Å². The molecular weight excluding hydrogens is 218 g/mol. The smallest absolute Gasteiger partial charge is 0.324 e. The molecule has 1 heterocycles. The van der Waals surface area contributed by atoms with Crippen molar-refractivity contribution in [1.29, 1.82) is 0 Å². The molecule has 5 heteroatoms. The topological polar surface area (TPSA) is 58.8 Å². The van der Waals surface area contributed by atoms with Crippen LogP contribution in [0.5, 0.6) is 5.75 Å². The van der Waals surface area contributed by atoms with E-state index in [2.05, 4.69) is 0 Å². The highest BCUT2D eigenvalue weighted by atomic mass is 16.5. The van der Waals surface area contributed by atoms with Gasteiger partial charge in [0.1, 0.15) is 5.75 Å². The number of carbonyl (C=O) groups excluding carboxylic acids is 1. The second-order valence-electron chi connectivity index (χ2n) is 4.14. The summed E-state index contributed by atoms with van der Waals surface area (Å²) in [4.78, 5) is 15.5. The lowest BCUT2D eigenvalue weighted by Crippen LogP contribution is -2.47. The minimum atomic E-state index is -0.000628. The van der Waals surface area contributed by atoms with Crippen molar-refractivity contribution in [3.05, 3.63) is 18.2 Å². The van der Waals surface area contributed by atoms with Crippen LogP contribution in [0.25, 0.3) is 0 Å². The summed E-state index contributed by atoms with van der Waals surface area (Å²) in [5.41, 5.74) is 7.11. The van der Waals surface area contributed by atoms with Crippen molar-refractivity contribution in [2.75, 3.05) is 37.9 Å². The molecule has 0 atom stereocenters. The van der Waals surface area contributed by atoms with E-state index in [1.54, 1.807) is 36.1 Å². The maximum absolute atomic E-state index is 12.0. The highest BCUT2D eigenvalue weighted by molar-refractivity contribution is 5.94. The van der Waals surface area contributed by atoms with Crippen LogP contribution < -0.4 is 15.4 Å². The number of hydrogen-bond acceptors (Lipinski definition) is 3. The van der Waals surface area contributed by atoms with E-state index in [0.29, 0.717) is 18.0 Å². The first-order valence-electron chi connectivity index (χ1n) is 5.59. The average molecular weight is 235 g/mol. The summed E-state index contributed by atoms with van der Waals surface area (Å²) in [6.07, 6.45) is 0.954. The fraction of sp³-hybridized carbons (Fsp3) is 0.417. The van der Waals surface area contributed by atoms with E-state index in [1.165, 1.54) is 0 Å². The summed E-state index contributed by atoms with van der Waals surface area (Å²) in [6.45, 7) is 1.51. The normalized spacial score (nSPS) is 16.2. The lowest BCUT2D eigenvalue weighted by atomic mass is 10.2. The van der Waals surface area contributed by atoms with Crippen molar-refractivity contribution < 1.29 is 9.53 Å². The Hall–Kier alpha value is -1.91. The molecule has 0 aliphatic carbocycles. The van der Waals surface area contributed by atoms with Gasteiger partial charge in [-0.15, -0.1) is 0 Å². The molecular formula is C12H17N3O2. The number of hydrogen-bond donors (Lipinski definition) is 1. The molecule has 0 unspecified atom stereocenters. The zero-order chi connectivity index (χ0) is 12.4. The van der Waals surface area contributed by atoms with Gasteiger partial charge in [0.15, 0.2) is 0 Å². The first kappa shape index (κ1) is 11.6. The van der Waals surface area contributed by atoms with Crippen LogP contribution in [0, 0.1) is 0 Å². The molecule has 1 aliphatic rings. The standard InChI is InChI=1S/C12H17N3O2/c1-14-6-3-7-15(12(14)16)10-5-4-9(13)8-11(10)17-2/h4-5,8H,3,6-7,13H2,1-2H3. The molecule has 1 saturated heterocycles. The summed E-state index contributed by atoms with van der Waals surface area (Å²) in [5, 5.41) is 0. The number of urea groups is 1. The molecule has 1 aliphatic heterocycles. The summed E-state index contributed by atoms with van der Waals surface area (Å²) in [6, 6.07) is 5.33. The van der Waals surface area contributed by atoms with Gasteiger partial charge in [0.05, 0.1) is 12.8 Å². The highest BCUT2D eigenvalue weighted by Crippen LogP contribution is 2.32. The summed E-state index contributed by atoms with van der Waals surface area (Å²) >= 11 is 0. The molecule has 2 rings (SSSR count). The maximum atomic E-state index is 12.0. The first-order chi connectivity index (χ1) is 8.13. The summed E-state index contributed by atoms with van der Waals surface area (Å²) in [7, 11) is 3.38. The Morgan fingerprint density at radius 3 is 2.82 bits per heavy atom. The molecule has 0 aromatic heterocycles. The van der Waals surface area contributed by atoms with Crippen LogP contribution in [-0.4, -0.2) is 38.2 Å². The van der Waals surface area contributed by atoms with E-state index in [9.17, 15) is 4.79 Å². The van der Waals surface area contributed by atoms with E-state index in [4.69, 9.17) is 10.5 Å². The number of anilines is 2. The number of rotatable bonds is 2. The predicted molar refractivity (Wildman–Crippen MR) is 67.4 cm³/mol. The Morgan fingerprint density at radius 1 is 1.35 bits per heavy atom. The van der Waals surface area contributed by atoms with E-state index in [1.807, 2.05) is 6.07 Å². The number of methoxy groups -OCH3 is 1. The Labute approximate surface area is 101 Å². The van der Waals surface area contributed by atoms with Crippen molar-refractivity contribution in [2.45, 2.75) is 6.42 Å². The fourth-order valence-electron chi connectivity index (χ4n) is 2.00. The zero-order valence-electron chi connectivity index (χ0n) is 10.1. The number of nitrogens with zero attached hydrogens (tertiary/aromatic N) is 2. The van der Waals surface area contributed by atoms with Crippen LogP contribution >= 0.6 is 0 Å². The lowest BCUT2D eigenvalue weighted by Gasteiger charge is -2.34. The van der Waals surface area contributed by atoms with Gasteiger partial charge in [-0.25, -0.2) is 4.79 Å². The molecule has 0 radical (unpaired) electrons. The Morgan fingerprint density at radius 2 is 2.12 bits per heavy atom. The van der Waals surface area contributed by atoms with Gasteiger partial charge in [0.25, 0.3) is 0 Å².